The molecule has 0 spiro atoms. The first-order chi connectivity index (χ1) is 12.7. The summed E-state index contributed by atoms with van der Waals surface area (Å²) in [7, 11) is 0. The standard InChI is InChI=1S/C20H26N4O3/c1-20(2,3)19(27)24-12-4-11-23(13-14-24)18(26)17(25)22-16-7-5-15(6-8-16)9-10-21/h5-8H,4,9,11-14H2,1-3H3,(H,22,25). The average molecular weight is 370 g/mol. The van der Waals surface area contributed by atoms with Gasteiger partial charge in [0.2, 0.25) is 5.91 Å². The van der Waals surface area contributed by atoms with Crippen molar-refractivity contribution in [2.75, 3.05) is 31.5 Å². The van der Waals surface area contributed by atoms with E-state index >= 15 is 0 Å². The average Bonchev–Trinajstić information content (AvgIpc) is 2.87. The molecule has 1 heterocycles. The Hall–Kier alpha value is -2.88. The van der Waals surface area contributed by atoms with Gasteiger partial charge in [-0.25, -0.2) is 0 Å². The molecule has 0 atom stereocenters. The molecule has 1 aliphatic heterocycles. The SMILES string of the molecule is CC(C)(C)C(=O)N1CCCN(C(=O)C(=O)Nc2ccc(CC#N)cc2)CC1. The summed E-state index contributed by atoms with van der Waals surface area (Å²) in [6, 6.07) is 8.88. The number of rotatable bonds is 2. The molecule has 2 rings (SSSR count). The van der Waals surface area contributed by atoms with E-state index in [2.05, 4.69) is 11.4 Å². The summed E-state index contributed by atoms with van der Waals surface area (Å²) in [4.78, 5) is 40.4. The predicted molar refractivity (Wildman–Crippen MR) is 102 cm³/mol. The second kappa shape index (κ2) is 8.67. The van der Waals surface area contributed by atoms with E-state index in [1.807, 2.05) is 20.8 Å². The third-order valence-electron chi connectivity index (χ3n) is 4.40. The van der Waals surface area contributed by atoms with Gasteiger partial charge in [0.05, 0.1) is 12.5 Å². The summed E-state index contributed by atoms with van der Waals surface area (Å²) in [5, 5.41) is 11.3. The van der Waals surface area contributed by atoms with Crippen LogP contribution in [-0.4, -0.2) is 53.7 Å². The lowest BCUT2D eigenvalue weighted by molar-refractivity contribution is -0.143. The van der Waals surface area contributed by atoms with Gasteiger partial charge < -0.3 is 15.1 Å². The fourth-order valence-electron chi connectivity index (χ4n) is 2.92. The summed E-state index contributed by atoms with van der Waals surface area (Å²) < 4.78 is 0. The number of benzene rings is 1. The Morgan fingerprint density at radius 3 is 2.22 bits per heavy atom. The van der Waals surface area contributed by atoms with E-state index < -0.39 is 17.2 Å². The van der Waals surface area contributed by atoms with E-state index in [-0.39, 0.29) is 5.91 Å². The zero-order valence-corrected chi connectivity index (χ0v) is 16.1. The molecule has 1 aromatic carbocycles. The Labute approximate surface area is 159 Å². The molecule has 1 aliphatic rings. The van der Waals surface area contributed by atoms with Crippen LogP contribution < -0.4 is 5.32 Å². The molecule has 7 nitrogen and oxygen atoms in total. The molecular weight excluding hydrogens is 344 g/mol. The monoisotopic (exact) mass is 370 g/mol. The number of carbonyl (C=O) groups is 3. The zero-order valence-electron chi connectivity index (χ0n) is 16.1. The van der Waals surface area contributed by atoms with Crippen molar-refractivity contribution in [3.05, 3.63) is 29.8 Å². The van der Waals surface area contributed by atoms with E-state index in [0.29, 0.717) is 44.7 Å². The van der Waals surface area contributed by atoms with Crippen molar-refractivity contribution >= 4 is 23.4 Å². The van der Waals surface area contributed by atoms with Gasteiger partial charge in [0.25, 0.3) is 0 Å². The van der Waals surface area contributed by atoms with Crippen molar-refractivity contribution in [3.8, 4) is 6.07 Å². The van der Waals surface area contributed by atoms with Crippen molar-refractivity contribution in [2.45, 2.75) is 33.6 Å². The van der Waals surface area contributed by atoms with Crippen molar-refractivity contribution in [2.24, 2.45) is 5.41 Å². The normalized spacial score (nSPS) is 14.9. The first-order valence-corrected chi connectivity index (χ1v) is 9.08. The van der Waals surface area contributed by atoms with Gasteiger partial charge in [0.1, 0.15) is 0 Å². The molecule has 1 saturated heterocycles. The molecule has 144 valence electrons. The van der Waals surface area contributed by atoms with Gasteiger partial charge in [0, 0.05) is 37.3 Å². The number of hydrogen-bond acceptors (Lipinski definition) is 4. The minimum atomic E-state index is -0.696. The summed E-state index contributed by atoms with van der Waals surface area (Å²) >= 11 is 0. The number of nitrogens with zero attached hydrogens (tertiary/aromatic N) is 3. The molecule has 0 bridgehead atoms. The first kappa shape index (κ1) is 20.4. The van der Waals surface area contributed by atoms with Crippen LogP contribution in [0.5, 0.6) is 0 Å². The van der Waals surface area contributed by atoms with Gasteiger partial charge >= 0.3 is 11.8 Å². The maximum atomic E-state index is 12.5. The maximum absolute atomic E-state index is 12.5. The molecule has 1 aromatic rings. The predicted octanol–water partition coefficient (Wildman–Crippen LogP) is 1.80. The number of nitriles is 1. The lowest BCUT2D eigenvalue weighted by Crippen LogP contribution is -2.44. The second-order valence-electron chi connectivity index (χ2n) is 7.67. The van der Waals surface area contributed by atoms with Crippen LogP contribution >= 0.6 is 0 Å². The molecular formula is C20H26N4O3. The van der Waals surface area contributed by atoms with Crippen molar-refractivity contribution in [1.29, 1.82) is 5.26 Å². The van der Waals surface area contributed by atoms with Crippen LogP contribution in [0.25, 0.3) is 0 Å². The van der Waals surface area contributed by atoms with Crippen LogP contribution in [0.15, 0.2) is 24.3 Å². The number of nitrogens with one attached hydrogen (secondary N) is 1. The van der Waals surface area contributed by atoms with Gasteiger partial charge in [-0.3, -0.25) is 14.4 Å². The topological polar surface area (TPSA) is 93.5 Å². The van der Waals surface area contributed by atoms with Crippen LogP contribution in [0.4, 0.5) is 5.69 Å². The quantitative estimate of drug-likeness (QED) is 0.803. The molecule has 27 heavy (non-hydrogen) atoms. The molecule has 0 aliphatic carbocycles. The molecule has 7 heteroatoms. The minimum Gasteiger partial charge on any atom is -0.340 e. The molecule has 0 radical (unpaired) electrons. The molecule has 0 saturated carbocycles. The van der Waals surface area contributed by atoms with Crippen LogP contribution in [-0.2, 0) is 20.8 Å². The fraction of sp³-hybridized carbons (Fsp3) is 0.500. The Balaban J connectivity index is 1.94. The highest BCUT2D eigenvalue weighted by molar-refractivity contribution is 6.39. The van der Waals surface area contributed by atoms with Crippen LogP contribution in [0, 0.1) is 16.7 Å². The highest BCUT2D eigenvalue weighted by Gasteiger charge is 2.30. The van der Waals surface area contributed by atoms with Gasteiger partial charge in [-0.05, 0) is 24.1 Å². The van der Waals surface area contributed by atoms with E-state index in [4.69, 9.17) is 5.26 Å². The number of amides is 3. The van der Waals surface area contributed by atoms with E-state index in [1.54, 1.807) is 29.2 Å². The van der Waals surface area contributed by atoms with Crippen LogP contribution in [0.3, 0.4) is 0 Å². The minimum absolute atomic E-state index is 0.0544. The third-order valence-corrected chi connectivity index (χ3v) is 4.40. The number of anilines is 1. The highest BCUT2D eigenvalue weighted by Crippen LogP contribution is 2.19. The Kier molecular flexibility index (Phi) is 6.56. The first-order valence-electron chi connectivity index (χ1n) is 9.08. The Bertz CT molecular complexity index is 744. The van der Waals surface area contributed by atoms with E-state index in [9.17, 15) is 14.4 Å². The maximum Gasteiger partial charge on any atom is 0.313 e. The Morgan fingerprint density at radius 2 is 1.63 bits per heavy atom. The zero-order chi connectivity index (χ0) is 20.0. The molecule has 0 aromatic heterocycles. The van der Waals surface area contributed by atoms with Gasteiger partial charge in [-0.1, -0.05) is 32.9 Å². The summed E-state index contributed by atoms with van der Waals surface area (Å²) in [5.74, 6) is -1.24. The molecule has 1 N–H and O–H groups in total. The van der Waals surface area contributed by atoms with Crippen LogP contribution in [0.2, 0.25) is 0 Å². The van der Waals surface area contributed by atoms with E-state index in [0.717, 1.165) is 5.56 Å². The van der Waals surface area contributed by atoms with Crippen molar-refractivity contribution < 1.29 is 14.4 Å². The van der Waals surface area contributed by atoms with E-state index in [1.165, 1.54) is 4.90 Å². The number of carbonyl (C=O) groups excluding carboxylic acids is 3. The van der Waals surface area contributed by atoms with Crippen molar-refractivity contribution in [1.82, 2.24) is 9.80 Å². The second-order valence-corrected chi connectivity index (χ2v) is 7.67. The van der Waals surface area contributed by atoms with Gasteiger partial charge in [0.15, 0.2) is 0 Å². The largest absolute Gasteiger partial charge is 0.340 e. The van der Waals surface area contributed by atoms with Gasteiger partial charge in [-0.15, -0.1) is 0 Å². The highest BCUT2D eigenvalue weighted by atomic mass is 16.2. The lowest BCUT2D eigenvalue weighted by Gasteiger charge is -2.28. The molecule has 1 fully saturated rings. The van der Waals surface area contributed by atoms with Gasteiger partial charge in [-0.2, -0.15) is 5.26 Å². The molecule has 0 unspecified atom stereocenters. The third kappa shape index (κ3) is 5.55. The van der Waals surface area contributed by atoms with Crippen LogP contribution in [0.1, 0.15) is 32.8 Å². The van der Waals surface area contributed by atoms with Crippen molar-refractivity contribution in [3.63, 3.8) is 0 Å². The molecule has 3 amide bonds. The number of hydrogen-bond donors (Lipinski definition) is 1. The smallest absolute Gasteiger partial charge is 0.313 e. The summed E-state index contributed by atoms with van der Waals surface area (Å²) in [5.41, 5.74) is 0.890. The lowest BCUT2D eigenvalue weighted by atomic mass is 9.94. The Morgan fingerprint density at radius 1 is 1.04 bits per heavy atom. The fourth-order valence-corrected chi connectivity index (χ4v) is 2.92. The summed E-state index contributed by atoms with van der Waals surface area (Å²) in [6.07, 6.45) is 0.939. The summed E-state index contributed by atoms with van der Waals surface area (Å²) in [6.45, 7) is 7.42.